The number of hydrogen-bond donors (Lipinski definition) is 3. The number of carboxylic acids is 1. The summed E-state index contributed by atoms with van der Waals surface area (Å²) in [6.45, 7) is 5.31. The average molecular weight is 259 g/mol. The van der Waals surface area contributed by atoms with Crippen LogP contribution in [-0.2, 0) is 9.59 Å². The minimum Gasteiger partial charge on any atom is -0.480 e. The van der Waals surface area contributed by atoms with Gasteiger partial charge in [0, 0.05) is 26.1 Å². The Morgan fingerprint density at radius 1 is 1.22 bits per heavy atom. The van der Waals surface area contributed by atoms with Gasteiger partial charge in [-0.15, -0.1) is 0 Å². The summed E-state index contributed by atoms with van der Waals surface area (Å²) in [7, 11) is 0. The molecule has 0 aromatic rings. The van der Waals surface area contributed by atoms with Gasteiger partial charge in [-0.3, -0.25) is 9.59 Å². The summed E-state index contributed by atoms with van der Waals surface area (Å²) < 4.78 is 0. The summed E-state index contributed by atoms with van der Waals surface area (Å²) in [6, 6.07) is -0.584. The van der Waals surface area contributed by atoms with Crippen molar-refractivity contribution < 1.29 is 19.5 Å². The van der Waals surface area contributed by atoms with Crippen molar-refractivity contribution in [1.29, 1.82) is 0 Å². The third-order valence-corrected chi connectivity index (χ3v) is 2.46. The zero-order valence-corrected chi connectivity index (χ0v) is 11.0. The number of aliphatic carboxylic acids is 1. The molecule has 104 valence electrons. The van der Waals surface area contributed by atoms with Gasteiger partial charge < -0.3 is 20.6 Å². The van der Waals surface area contributed by atoms with Crippen LogP contribution in [0.2, 0.25) is 0 Å². The molecule has 1 unspecified atom stereocenters. The number of carbonyl (C=O) groups excluding carboxylic acids is 2. The predicted molar refractivity (Wildman–Crippen MR) is 66.2 cm³/mol. The second kappa shape index (κ2) is 8.32. The topological polar surface area (TPSA) is 98.7 Å². The Labute approximate surface area is 107 Å². The van der Waals surface area contributed by atoms with Crippen LogP contribution in [-0.4, -0.2) is 53.6 Å². The van der Waals surface area contributed by atoms with E-state index >= 15 is 0 Å². The number of hydrogen-bond acceptors (Lipinski definition) is 3. The summed E-state index contributed by atoms with van der Waals surface area (Å²) in [5.41, 5.74) is 0. The van der Waals surface area contributed by atoms with Crippen LogP contribution in [0.5, 0.6) is 0 Å². The fourth-order valence-corrected chi connectivity index (χ4v) is 1.30. The van der Waals surface area contributed by atoms with E-state index in [0.717, 1.165) is 0 Å². The molecule has 1 atom stereocenters. The van der Waals surface area contributed by atoms with E-state index in [1.54, 1.807) is 6.92 Å². The second-order valence-electron chi connectivity index (χ2n) is 3.99. The van der Waals surface area contributed by atoms with E-state index in [2.05, 4.69) is 10.6 Å². The third-order valence-electron chi connectivity index (χ3n) is 2.46. The summed E-state index contributed by atoms with van der Waals surface area (Å²) in [5, 5.41) is 13.8. The molecule has 0 saturated heterocycles. The monoisotopic (exact) mass is 259 g/mol. The molecule has 0 spiro atoms. The van der Waals surface area contributed by atoms with Gasteiger partial charge in [-0.2, -0.15) is 0 Å². The zero-order valence-electron chi connectivity index (χ0n) is 11.0. The van der Waals surface area contributed by atoms with Gasteiger partial charge in [-0.05, 0) is 13.3 Å². The lowest BCUT2D eigenvalue weighted by atomic mass is 10.2. The van der Waals surface area contributed by atoms with E-state index in [-0.39, 0.29) is 25.0 Å². The first-order valence-corrected chi connectivity index (χ1v) is 5.89. The Morgan fingerprint density at radius 2 is 1.78 bits per heavy atom. The molecule has 3 amide bonds. The summed E-state index contributed by atoms with van der Waals surface area (Å²) in [5.74, 6) is -1.22. The molecule has 0 rings (SSSR count). The molecule has 0 saturated carbocycles. The normalized spacial score (nSPS) is 11.5. The molecule has 0 heterocycles. The first-order chi connectivity index (χ1) is 8.38. The number of nitrogens with one attached hydrogen (secondary N) is 2. The van der Waals surface area contributed by atoms with E-state index in [1.165, 1.54) is 11.8 Å². The smallest absolute Gasteiger partial charge is 0.323 e. The number of rotatable bonds is 7. The quantitative estimate of drug-likeness (QED) is 0.561. The van der Waals surface area contributed by atoms with Crippen LogP contribution < -0.4 is 10.6 Å². The number of urea groups is 1. The molecule has 7 heteroatoms. The van der Waals surface area contributed by atoms with E-state index < -0.39 is 12.0 Å². The van der Waals surface area contributed by atoms with Crippen LogP contribution in [0, 0.1) is 0 Å². The predicted octanol–water partition coefficient (Wildman–Crippen LogP) is 0.0172. The highest BCUT2D eigenvalue weighted by Gasteiger charge is 2.20. The number of carbonyl (C=O) groups is 3. The van der Waals surface area contributed by atoms with Gasteiger partial charge in [-0.25, -0.2) is 4.79 Å². The first kappa shape index (κ1) is 16.2. The number of carboxylic acid groups (broad SMARTS) is 1. The van der Waals surface area contributed by atoms with Gasteiger partial charge in [0.2, 0.25) is 5.91 Å². The molecule has 18 heavy (non-hydrogen) atoms. The standard InChI is InChI=1S/C11H21N3O4/c1-4-8(2)14(7-10(16)17)11(18)13-6-5-12-9(3)15/h8H,4-7H2,1-3H3,(H,12,15)(H,13,18)(H,16,17). The Hall–Kier alpha value is -1.79. The number of amides is 3. The fraction of sp³-hybridized carbons (Fsp3) is 0.727. The van der Waals surface area contributed by atoms with Crippen molar-refractivity contribution in [3.05, 3.63) is 0 Å². The van der Waals surface area contributed by atoms with Crippen molar-refractivity contribution in [1.82, 2.24) is 15.5 Å². The molecule has 0 radical (unpaired) electrons. The maximum Gasteiger partial charge on any atom is 0.323 e. The molecule has 0 aromatic heterocycles. The van der Waals surface area contributed by atoms with Gasteiger partial charge in [0.1, 0.15) is 6.54 Å². The largest absolute Gasteiger partial charge is 0.480 e. The lowest BCUT2D eigenvalue weighted by Crippen LogP contribution is -2.48. The lowest BCUT2D eigenvalue weighted by molar-refractivity contribution is -0.138. The van der Waals surface area contributed by atoms with E-state index in [4.69, 9.17) is 5.11 Å². The average Bonchev–Trinajstić information content (AvgIpc) is 2.29. The molecule has 7 nitrogen and oxygen atoms in total. The highest BCUT2D eigenvalue weighted by molar-refractivity contribution is 5.80. The van der Waals surface area contributed by atoms with Crippen molar-refractivity contribution in [3.8, 4) is 0 Å². The van der Waals surface area contributed by atoms with Crippen molar-refractivity contribution >= 4 is 17.9 Å². The summed E-state index contributed by atoms with van der Waals surface area (Å²) >= 11 is 0. The molecule has 0 aliphatic rings. The summed E-state index contributed by atoms with van der Waals surface area (Å²) in [6.07, 6.45) is 0.673. The molecular weight excluding hydrogens is 238 g/mol. The van der Waals surface area contributed by atoms with Crippen molar-refractivity contribution in [2.45, 2.75) is 33.2 Å². The van der Waals surface area contributed by atoms with Crippen LogP contribution in [0.25, 0.3) is 0 Å². The van der Waals surface area contributed by atoms with Gasteiger partial charge in [0.15, 0.2) is 0 Å². The molecule has 0 aliphatic heterocycles. The Bertz CT molecular complexity index is 307. The Morgan fingerprint density at radius 3 is 2.22 bits per heavy atom. The Balaban J connectivity index is 4.21. The van der Waals surface area contributed by atoms with Gasteiger partial charge in [0.05, 0.1) is 0 Å². The fourth-order valence-electron chi connectivity index (χ4n) is 1.30. The minimum atomic E-state index is -1.05. The van der Waals surface area contributed by atoms with E-state index in [9.17, 15) is 14.4 Å². The molecular formula is C11H21N3O4. The van der Waals surface area contributed by atoms with E-state index in [1.807, 2.05) is 6.92 Å². The lowest BCUT2D eigenvalue weighted by Gasteiger charge is -2.27. The molecule has 3 N–H and O–H groups in total. The molecule has 0 aromatic carbocycles. The van der Waals surface area contributed by atoms with Crippen LogP contribution >= 0.6 is 0 Å². The van der Waals surface area contributed by atoms with Crippen LogP contribution in [0.3, 0.4) is 0 Å². The Kier molecular flexibility index (Phi) is 7.50. The van der Waals surface area contributed by atoms with Gasteiger partial charge in [0.25, 0.3) is 0 Å². The van der Waals surface area contributed by atoms with Gasteiger partial charge in [-0.1, -0.05) is 6.92 Å². The maximum absolute atomic E-state index is 11.8. The second-order valence-corrected chi connectivity index (χ2v) is 3.99. The minimum absolute atomic E-state index is 0.151. The van der Waals surface area contributed by atoms with Crippen LogP contribution in [0.4, 0.5) is 4.79 Å². The van der Waals surface area contributed by atoms with Crippen molar-refractivity contribution in [2.24, 2.45) is 0 Å². The molecule has 0 aliphatic carbocycles. The van der Waals surface area contributed by atoms with Gasteiger partial charge >= 0.3 is 12.0 Å². The third kappa shape index (κ3) is 6.72. The van der Waals surface area contributed by atoms with Crippen molar-refractivity contribution in [2.75, 3.05) is 19.6 Å². The SMILES string of the molecule is CCC(C)N(CC(=O)O)C(=O)NCCNC(C)=O. The molecule has 0 bridgehead atoms. The summed E-state index contributed by atoms with van der Waals surface area (Å²) in [4.78, 5) is 34.3. The zero-order chi connectivity index (χ0) is 14.1. The highest BCUT2D eigenvalue weighted by Crippen LogP contribution is 2.03. The maximum atomic E-state index is 11.8. The van der Waals surface area contributed by atoms with E-state index in [0.29, 0.717) is 13.0 Å². The highest BCUT2D eigenvalue weighted by atomic mass is 16.4. The van der Waals surface area contributed by atoms with Crippen LogP contribution in [0.1, 0.15) is 27.2 Å². The molecule has 0 fully saturated rings. The first-order valence-electron chi connectivity index (χ1n) is 5.89. The number of nitrogens with zero attached hydrogens (tertiary/aromatic N) is 1. The van der Waals surface area contributed by atoms with Crippen LogP contribution in [0.15, 0.2) is 0 Å². The van der Waals surface area contributed by atoms with Crippen molar-refractivity contribution in [3.63, 3.8) is 0 Å².